The van der Waals surface area contributed by atoms with Crippen molar-refractivity contribution >= 4 is 12.0 Å². The number of piperazine rings is 1. The number of nitrogens with zero attached hydrogens (tertiary/aromatic N) is 7. The first-order valence-electron chi connectivity index (χ1n) is 18.9. The molecular weight excluding hydrogens is 711 g/mol. The van der Waals surface area contributed by atoms with Gasteiger partial charge in [-0.3, -0.25) is 19.7 Å². The largest absolute Gasteiger partial charge is 0.444 e. The minimum absolute atomic E-state index is 0.117. The van der Waals surface area contributed by atoms with Crippen LogP contribution in [0.1, 0.15) is 87.0 Å². The van der Waals surface area contributed by atoms with Gasteiger partial charge < -0.3 is 15.0 Å². The molecule has 2 fully saturated rings. The number of rotatable bonds is 9. The maximum Gasteiger partial charge on any atom is 0.410 e. The summed E-state index contributed by atoms with van der Waals surface area (Å²) in [6, 6.07) is 15.4. The number of aryl methyl sites for hydroxylation is 1. The van der Waals surface area contributed by atoms with E-state index in [4.69, 9.17) is 4.74 Å². The van der Waals surface area contributed by atoms with Gasteiger partial charge in [0.1, 0.15) is 16.8 Å². The van der Waals surface area contributed by atoms with Crippen molar-refractivity contribution in [3.8, 4) is 16.8 Å². The molecule has 2 amide bonds. The fourth-order valence-corrected chi connectivity index (χ4v) is 7.03. The number of hydrogen-bond acceptors (Lipinski definition) is 8. The van der Waals surface area contributed by atoms with Crippen LogP contribution < -0.4 is 5.32 Å². The van der Waals surface area contributed by atoms with Gasteiger partial charge in [-0.25, -0.2) is 14.5 Å². The summed E-state index contributed by atoms with van der Waals surface area (Å²) in [5, 5.41) is 13.2. The Morgan fingerprint density at radius 1 is 0.927 bits per heavy atom. The molecule has 2 saturated heterocycles. The van der Waals surface area contributed by atoms with Crippen molar-refractivity contribution in [2.24, 2.45) is 0 Å². The monoisotopic (exact) mass is 763 g/mol. The lowest BCUT2D eigenvalue weighted by molar-refractivity contribution is -0.182. The molecule has 0 spiro atoms. The van der Waals surface area contributed by atoms with Gasteiger partial charge in [-0.1, -0.05) is 30.3 Å². The molecule has 2 aliphatic rings. The average molecular weight is 764 g/mol. The number of carbonyl (C=O) groups is 2. The number of carbonyl (C=O) groups excluding carboxylic acids is 2. The molecule has 6 rings (SSSR count). The van der Waals surface area contributed by atoms with Gasteiger partial charge in [-0.05, 0) is 108 Å². The van der Waals surface area contributed by atoms with Crippen LogP contribution in [0.5, 0.6) is 0 Å². The number of halogens is 3. The first-order valence-corrected chi connectivity index (χ1v) is 18.9. The molecule has 2 aliphatic heterocycles. The van der Waals surface area contributed by atoms with Crippen LogP contribution in [0.4, 0.5) is 18.0 Å². The van der Waals surface area contributed by atoms with E-state index in [2.05, 4.69) is 65.7 Å². The Labute approximate surface area is 320 Å². The Morgan fingerprint density at radius 2 is 1.64 bits per heavy atom. The number of alkyl halides is 3. The van der Waals surface area contributed by atoms with Gasteiger partial charge in [0.25, 0.3) is 5.91 Å². The quantitative estimate of drug-likeness (QED) is 0.195. The zero-order valence-electron chi connectivity index (χ0n) is 32.5. The third-order valence-corrected chi connectivity index (χ3v) is 10.5. The van der Waals surface area contributed by atoms with Crippen molar-refractivity contribution in [1.82, 2.24) is 45.0 Å². The van der Waals surface area contributed by atoms with E-state index in [-0.39, 0.29) is 24.3 Å². The van der Waals surface area contributed by atoms with Crippen LogP contribution in [-0.2, 0) is 23.2 Å². The van der Waals surface area contributed by atoms with Gasteiger partial charge in [0, 0.05) is 45.0 Å². The van der Waals surface area contributed by atoms with E-state index in [9.17, 15) is 22.8 Å². The van der Waals surface area contributed by atoms with E-state index in [1.54, 1.807) is 10.9 Å². The second-order valence-electron chi connectivity index (χ2n) is 16.1. The second-order valence-corrected chi connectivity index (χ2v) is 16.1. The van der Waals surface area contributed by atoms with Crippen LogP contribution in [0.2, 0.25) is 0 Å². The van der Waals surface area contributed by atoms with Gasteiger partial charge in [0.05, 0.1) is 24.0 Å². The molecule has 4 heterocycles. The highest BCUT2D eigenvalue weighted by Crippen LogP contribution is 2.38. The molecule has 55 heavy (non-hydrogen) atoms. The average Bonchev–Trinajstić information content (AvgIpc) is 3.77. The van der Waals surface area contributed by atoms with Crippen molar-refractivity contribution < 1.29 is 27.5 Å². The molecule has 0 bridgehead atoms. The fourth-order valence-electron chi connectivity index (χ4n) is 7.03. The van der Waals surface area contributed by atoms with E-state index in [1.165, 1.54) is 18.2 Å². The molecule has 2 aromatic carbocycles. The summed E-state index contributed by atoms with van der Waals surface area (Å²) in [4.78, 5) is 36.2. The molecule has 0 radical (unpaired) electrons. The summed E-state index contributed by atoms with van der Waals surface area (Å²) in [5.41, 5.74) is 2.84. The van der Waals surface area contributed by atoms with Crippen LogP contribution in [0.3, 0.4) is 0 Å². The fraction of sp³-hybridized carbons (Fsp3) is 0.525. The Hall–Kier alpha value is -4.76. The predicted octanol–water partition coefficient (Wildman–Crippen LogP) is 6.64. The van der Waals surface area contributed by atoms with Crippen molar-refractivity contribution in [1.29, 1.82) is 0 Å². The number of ether oxygens (including phenoxy) is 1. The highest BCUT2D eigenvalue weighted by molar-refractivity contribution is 5.93. The molecule has 12 nitrogen and oxygen atoms in total. The molecule has 15 heteroatoms. The summed E-state index contributed by atoms with van der Waals surface area (Å²) >= 11 is 0. The Bertz CT molecular complexity index is 1940. The summed E-state index contributed by atoms with van der Waals surface area (Å²) < 4.78 is 47.3. The topological polar surface area (TPSA) is 125 Å². The third-order valence-electron chi connectivity index (χ3n) is 10.5. The number of hydrogen-bond donors (Lipinski definition) is 2. The standard InChI is InChI=1S/C40H52F3N9O3/c1-27-22-30(13-14-33(27)52-26-31(23-45-52)35(53)44-24-34-46-36(48-47-34)39(5,6)40(41,42)43)29-11-9-28(10-12-29)25-49-16-7-8-32(15-17-49)50-18-20-51(21-19-50)37(54)55-38(2,3)4/h9-14,22-23,26,32H,7-8,15-21,24-25H2,1-6H3,(H,44,53)(H,46,47,48). The summed E-state index contributed by atoms with van der Waals surface area (Å²) in [5.74, 6) is -0.712. The maximum absolute atomic E-state index is 13.4. The molecule has 4 aromatic rings. The van der Waals surface area contributed by atoms with E-state index >= 15 is 0 Å². The van der Waals surface area contributed by atoms with E-state index in [1.807, 2.05) is 44.7 Å². The van der Waals surface area contributed by atoms with Crippen molar-refractivity contribution in [2.75, 3.05) is 39.3 Å². The normalized spacial score (nSPS) is 17.9. The van der Waals surface area contributed by atoms with E-state index in [0.29, 0.717) is 24.7 Å². The second kappa shape index (κ2) is 16.1. The molecular formula is C40H52F3N9O3. The summed E-state index contributed by atoms with van der Waals surface area (Å²) in [7, 11) is 0. The maximum atomic E-state index is 13.4. The number of H-pyrrole nitrogens is 1. The van der Waals surface area contributed by atoms with Crippen LogP contribution >= 0.6 is 0 Å². The lowest BCUT2D eigenvalue weighted by Gasteiger charge is -2.39. The number of amides is 2. The zero-order chi connectivity index (χ0) is 39.5. The van der Waals surface area contributed by atoms with Gasteiger partial charge in [-0.15, -0.1) is 0 Å². The Morgan fingerprint density at radius 3 is 2.31 bits per heavy atom. The molecule has 0 saturated carbocycles. The molecule has 1 atom stereocenters. The van der Waals surface area contributed by atoms with Crippen LogP contribution in [-0.4, -0.2) is 109 Å². The third kappa shape index (κ3) is 9.74. The molecule has 0 aliphatic carbocycles. The lowest BCUT2D eigenvalue weighted by atomic mass is 9.92. The predicted molar refractivity (Wildman–Crippen MR) is 203 cm³/mol. The smallest absolute Gasteiger partial charge is 0.410 e. The Balaban J connectivity index is 0.985. The minimum atomic E-state index is -4.52. The molecule has 2 N–H and O–H groups in total. The van der Waals surface area contributed by atoms with Gasteiger partial charge >= 0.3 is 12.3 Å². The first-order chi connectivity index (χ1) is 26.0. The van der Waals surface area contributed by atoms with Crippen molar-refractivity contribution in [3.63, 3.8) is 0 Å². The van der Waals surface area contributed by atoms with E-state index in [0.717, 1.165) is 81.8 Å². The number of likely N-dealkylation sites (tertiary alicyclic amines) is 1. The summed E-state index contributed by atoms with van der Waals surface area (Å²) in [6.07, 6.45) is 1.77. The molecule has 2 aromatic heterocycles. The molecule has 1 unspecified atom stereocenters. The lowest BCUT2D eigenvalue weighted by Crippen LogP contribution is -2.53. The zero-order valence-corrected chi connectivity index (χ0v) is 32.5. The van der Waals surface area contributed by atoms with Crippen molar-refractivity contribution in [2.45, 2.75) is 97.1 Å². The number of aromatic nitrogens is 5. The van der Waals surface area contributed by atoms with Crippen molar-refractivity contribution in [3.05, 3.63) is 83.2 Å². The SMILES string of the molecule is Cc1cc(-c2ccc(CN3CCCC(N4CCN(C(=O)OC(C)(C)C)CC4)CC3)cc2)ccc1-n1cc(C(=O)NCc2nc(C(C)(C)C(F)(F)F)n[nH]2)cn1. The minimum Gasteiger partial charge on any atom is -0.444 e. The highest BCUT2D eigenvalue weighted by Gasteiger charge is 2.51. The van der Waals surface area contributed by atoms with E-state index < -0.39 is 23.1 Å². The Kier molecular flexibility index (Phi) is 11.7. The summed E-state index contributed by atoms with van der Waals surface area (Å²) in [6.45, 7) is 15.8. The van der Waals surface area contributed by atoms with Crippen LogP contribution in [0.15, 0.2) is 54.9 Å². The van der Waals surface area contributed by atoms with Gasteiger partial charge in [0.15, 0.2) is 5.82 Å². The van der Waals surface area contributed by atoms with Gasteiger partial charge in [0.2, 0.25) is 0 Å². The van der Waals surface area contributed by atoms with Crippen LogP contribution in [0, 0.1) is 6.92 Å². The van der Waals surface area contributed by atoms with Gasteiger partial charge in [-0.2, -0.15) is 23.4 Å². The molecule has 296 valence electrons. The number of benzene rings is 2. The number of aromatic amines is 1. The first kappa shape index (κ1) is 39.9. The highest BCUT2D eigenvalue weighted by atomic mass is 19.4. The number of nitrogens with one attached hydrogen (secondary N) is 2. The van der Waals surface area contributed by atoms with Crippen LogP contribution in [0.25, 0.3) is 16.8 Å².